The number of benzene rings is 1. The van der Waals surface area contributed by atoms with E-state index in [4.69, 9.17) is 11.5 Å². The molecule has 0 saturated carbocycles. The Bertz CT molecular complexity index is 1030. The van der Waals surface area contributed by atoms with E-state index in [0.717, 1.165) is 28.5 Å². The molecule has 3 rings (SSSR count). The molecular weight excluding hydrogens is 392 g/mol. The molecule has 2 aromatic heterocycles. The Morgan fingerprint density at radius 2 is 1.94 bits per heavy atom. The fraction of sp³-hybridized carbons (Fsp3) is 0.348. The van der Waals surface area contributed by atoms with Gasteiger partial charge in [-0.2, -0.15) is 0 Å². The zero-order valence-corrected chi connectivity index (χ0v) is 17.9. The van der Waals surface area contributed by atoms with Gasteiger partial charge in [-0.1, -0.05) is 44.5 Å². The maximum atomic E-state index is 13.0. The van der Waals surface area contributed by atoms with E-state index in [1.165, 1.54) is 0 Å². The summed E-state index contributed by atoms with van der Waals surface area (Å²) in [4.78, 5) is 33.0. The van der Waals surface area contributed by atoms with Crippen LogP contribution in [0, 0.1) is 5.92 Å². The van der Waals surface area contributed by atoms with Gasteiger partial charge in [0, 0.05) is 36.3 Å². The smallest absolute Gasteiger partial charge is 0.243 e. The van der Waals surface area contributed by atoms with Crippen molar-refractivity contribution in [1.82, 2.24) is 20.6 Å². The Morgan fingerprint density at radius 1 is 1.16 bits per heavy atom. The van der Waals surface area contributed by atoms with Crippen LogP contribution in [-0.4, -0.2) is 33.9 Å². The number of rotatable bonds is 9. The number of hydrogen-bond donors (Lipinski definition) is 5. The molecule has 0 fully saturated rings. The van der Waals surface area contributed by atoms with Crippen LogP contribution in [-0.2, 0) is 22.6 Å². The highest BCUT2D eigenvalue weighted by Gasteiger charge is 2.27. The van der Waals surface area contributed by atoms with Crippen molar-refractivity contribution >= 4 is 28.5 Å². The molecule has 0 spiro atoms. The number of nitrogen functional groups attached to an aromatic ring is 1. The van der Waals surface area contributed by atoms with Gasteiger partial charge in [-0.15, -0.1) is 0 Å². The summed E-state index contributed by atoms with van der Waals surface area (Å²) in [6.07, 6.45) is 4.60. The summed E-state index contributed by atoms with van der Waals surface area (Å²) in [6.45, 7) is 4.19. The first kappa shape index (κ1) is 22.3. The monoisotopic (exact) mass is 422 g/mol. The first-order chi connectivity index (χ1) is 14.9. The predicted molar refractivity (Wildman–Crippen MR) is 122 cm³/mol. The molecule has 0 aliphatic heterocycles. The van der Waals surface area contributed by atoms with Gasteiger partial charge in [0.1, 0.15) is 11.9 Å². The molecular formula is C23H30N6O2. The maximum absolute atomic E-state index is 13.0. The molecule has 0 radical (unpaired) electrons. The van der Waals surface area contributed by atoms with E-state index >= 15 is 0 Å². The zero-order chi connectivity index (χ0) is 22.4. The third-order valence-corrected chi connectivity index (χ3v) is 5.61. The second-order valence-corrected chi connectivity index (χ2v) is 7.85. The lowest BCUT2D eigenvalue weighted by molar-refractivity contribution is -0.130. The van der Waals surface area contributed by atoms with Gasteiger partial charge in [-0.3, -0.25) is 9.59 Å². The summed E-state index contributed by atoms with van der Waals surface area (Å²) in [6, 6.07) is 9.89. The number of hydrogen-bond acceptors (Lipinski definition) is 5. The maximum Gasteiger partial charge on any atom is 0.243 e. The summed E-state index contributed by atoms with van der Waals surface area (Å²) >= 11 is 0. The minimum atomic E-state index is -0.761. The molecule has 1 unspecified atom stereocenters. The second kappa shape index (κ2) is 10.1. The van der Waals surface area contributed by atoms with Crippen LogP contribution in [0.4, 0.5) is 5.82 Å². The number of fused-ring (bicyclic) bond motifs is 1. The molecule has 8 heteroatoms. The van der Waals surface area contributed by atoms with Crippen LogP contribution in [0.2, 0.25) is 0 Å². The number of carbonyl (C=O) groups is 2. The summed E-state index contributed by atoms with van der Waals surface area (Å²) < 4.78 is 0. The normalized spacial score (nSPS) is 14.0. The van der Waals surface area contributed by atoms with Crippen molar-refractivity contribution in [2.45, 2.75) is 45.3 Å². The van der Waals surface area contributed by atoms with Gasteiger partial charge < -0.3 is 27.1 Å². The second-order valence-electron chi connectivity index (χ2n) is 7.85. The van der Waals surface area contributed by atoms with Crippen molar-refractivity contribution in [3.05, 3.63) is 59.9 Å². The highest BCUT2D eigenvalue weighted by Crippen LogP contribution is 2.19. The third-order valence-electron chi connectivity index (χ3n) is 5.61. The van der Waals surface area contributed by atoms with Gasteiger partial charge in [0.2, 0.25) is 11.8 Å². The van der Waals surface area contributed by atoms with Gasteiger partial charge in [0.25, 0.3) is 0 Å². The summed E-state index contributed by atoms with van der Waals surface area (Å²) in [7, 11) is 0. The summed E-state index contributed by atoms with van der Waals surface area (Å²) in [5, 5.41) is 6.75. The Balaban J connectivity index is 1.76. The van der Waals surface area contributed by atoms with Gasteiger partial charge >= 0.3 is 0 Å². The molecule has 3 atom stereocenters. The summed E-state index contributed by atoms with van der Waals surface area (Å²) in [5.74, 6) is -0.188. The van der Waals surface area contributed by atoms with E-state index in [1.807, 2.05) is 44.3 Å². The van der Waals surface area contributed by atoms with Crippen LogP contribution in [0.15, 0.2) is 48.8 Å². The van der Waals surface area contributed by atoms with Crippen molar-refractivity contribution in [1.29, 1.82) is 0 Å². The highest BCUT2D eigenvalue weighted by atomic mass is 16.2. The van der Waals surface area contributed by atoms with E-state index in [-0.39, 0.29) is 24.3 Å². The molecule has 0 aliphatic carbocycles. The number of para-hydroxylation sites is 1. The van der Waals surface area contributed by atoms with Crippen molar-refractivity contribution in [2.75, 3.05) is 5.73 Å². The number of amides is 2. The van der Waals surface area contributed by atoms with E-state index in [9.17, 15) is 9.59 Å². The summed E-state index contributed by atoms with van der Waals surface area (Å²) in [5.41, 5.74) is 14.4. The number of anilines is 1. The SMILES string of the molecule is CCC(C)[C@H](N)C(=O)N[C@H](Cc1c[nH]c2ccccc12)C(=O)NCc1ccc(N)nc1. The average molecular weight is 423 g/mol. The number of pyridine rings is 1. The lowest BCUT2D eigenvalue weighted by Gasteiger charge is -2.23. The number of nitrogens with one attached hydrogen (secondary N) is 3. The minimum absolute atomic E-state index is 0.0117. The minimum Gasteiger partial charge on any atom is -0.384 e. The van der Waals surface area contributed by atoms with E-state index in [2.05, 4.69) is 20.6 Å². The highest BCUT2D eigenvalue weighted by molar-refractivity contribution is 5.91. The molecule has 3 aromatic rings. The number of nitrogens with two attached hydrogens (primary N) is 2. The van der Waals surface area contributed by atoms with E-state index in [0.29, 0.717) is 12.2 Å². The molecule has 164 valence electrons. The molecule has 2 heterocycles. The standard InChI is InChI=1S/C23H30N6O2/c1-3-14(2)21(25)23(31)29-19(10-16-13-26-18-7-5-4-6-17(16)18)22(30)28-12-15-8-9-20(24)27-11-15/h4-9,11,13-14,19,21,26H,3,10,12,25H2,1-2H3,(H2,24,27)(H,28,30)(H,29,31)/t14?,19-,21+/m1/s1. The molecule has 0 aliphatic rings. The Hall–Kier alpha value is -3.39. The molecule has 7 N–H and O–H groups in total. The number of aromatic nitrogens is 2. The molecule has 2 amide bonds. The fourth-order valence-corrected chi connectivity index (χ4v) is 3.36. The first-order valence-corrected chi connectivity index (χ1v) is 10.5. The quantitative estimate of drug-likeness (QED) is 0.358. The number of nitrogens with zero attached hydrogens (tertiary/aromatic N) is 1. The lowest BCUT2D eigenvalue weighted by atomic mass is 9.98. The van der Waals surface area contributed by atoms with Crippen LogP contribution in [0.3, 0.4) is 0 Å². The zero-order valence-electron chi connectivity index (χ0n) is 17.9. The van der Waals surface area contributed by atoms with E-state index < -0.39 is 12.1 Å². The Labute approximate surface area is 181 Å². The van der Waals surface area contributed by atoms with E-state index in [1.54, 1.807) is 18.3 Å². The van der Waals surface area contributed by atoms with Gasteiger partial charge in [-0.05, 0) is 29.2 Å². The molecule has 0 bridgehead atoms. The number of carbonyl (C=O) groups excluding carboxylic acids is 2. The van der Waals surface area contributed by atoms with Crippen LogP contribution in [0.25, 0.3) is 10.9 Å². The van der Waals surface area contributed by atoms with Gasteiger partial charge in [0.15, 0.2) is 0 Å². The number of H-pyrrole nitrogens is 1. The van der Waals surface area contributed by atoms with Crippen molar-refractivity contribution in [3.8, 4) is 0 Å². The van der Waals surface area contributed by atoms with Crippen molar-refractivity contribution in [2.24, 2.45) is 11.7 Å². The lowest BCUT2D eigenvalue weighted by Crippen LogP contribution is -2.53. The van der Waals surface area contributed by atoms with Gasteiger partial charge in [-0.25, -0.2) is 4.98 Å². The van der Waals surface area contributed by atoms with Crippen LogP contribution in [0.1, 0.15) is 31.4 Å². The molecule has 8 nitrogen and oxygen atoms in total. The van der Waals surface area contributed by atoms with Crippen molar-refractivity contribution < 1.29 is 9.59 Å². The van der Waals surface area contributed by atoms with Crippen LogP contribution in [0.5, 0.6) is 0 Å². The van der Waals surface area contributed by atoms with Crippen LogP contribution < -0.4 is 22.1 Å². The fourth-order valence-electron chi connectivity index (χ4n) is 3.36. The van der Waals surface area contributed by atoms with Crippen LogP contribution >= 0.6 is 0 Å². The first-order valence-electron chi connectivity index (χ1n) is 10.5. The largest absolute Gasteiger partial charge is 0.384 e. The van der Waals surface area contributed by atoms with Gasteiger partial charge in [0.05, 0.1) is 6.04 Å². The Kier molecular flexibility index (Phi) is 7.25. The third kappa shape index (κ3) is 5.61. The van der Waals surface area contributed by atoms with Crippen molar-refractivity contribution in [3.63, 3.8) is 0 Å². The predicted octanol–water partition coefficient (Wildman–Crippen LogP) is 1.86. The molecule has 31 heavy (non-hydrogen) atoms. The number of aromatic amines is 1. The molecule has 1 aromatic carbocycles. The topological polar surface area (TPSA) is 139 Å². The average Bonchev–Trinajstić information content (AvgIpc) is 3.19. The molecule has 0 saturated heterocycles. The Morgan fingerprint density at radius 3 is 2.65 bits per heavy atom.